The molecule has 1 saturated heterocycles. The molecule has 0 bridgehead atoms. The van der Waals surface area contributed by atoms with E-state index in [0.717, 1.165) is 0 Å². The quantitative estimate of drug-likeness (QED) is 0.290. The fourth-order valence-corrected chi connectivity index (χ4v) is 5.79. The van der Waals surface area contributed by atoms with Crippen molar-refractivity contribution in [3.05, 3.63) is 81.8 Å². The molecule has 4 rings (SSSR count). The molecule has 1 aliphatic rings. The smallest absolute Gasteiger partial charge is 0.296 e. The zero-order valence-corrected chi connectivity index (χ0v) is 24.5. The Bertz CT molecular complexity index is 1440. The van der Waals surface area contributed by atoms with Crippen molar-refractivity contribution < 1.29 is 36.3 Å². The molecule has 40 heavy (non-hydrogen) atoms. The lowest BCUT2D eigenvalue weighted by atomic mass is 9.88. The predicted molar refractivity (Wildman–Crippen MR) is 150 cm³/mol. The van der Waals surface area contributed by atoms with Crippen LogP contribution in [0.2, 0.25) is 10.0 Å². The standard InChI is InChI=1S/C28H29Cl2NO8S/c1-35-24-15-19(16-25(36-2)26(24)37-3)27(32)31-12-14-38-28(18-31,20-9-10-22(29)23(30)17-20)11-13-39-40(33,34)21-7-5-4-6-8-21/h4-10,15-17H,11-14,18H2,1-3H3/t28-/m0/s1. The largest absolute Gasteiger partial charge is 0.493 e. The maximum atomic E-state index is 13.7. The van der Waals surface area contributed by atoms with E-state index in [1.807, 2.05) is 0 Å². The van der Waals surface area contributed by atoms with Crippen molar-refractivity contribution in [1.29, 1.82) is 0 Å². The van der Waals surface area contributed by atoms with Crippen LogP contribution in [0, 0.1) is 0 Å². The lowest BCUT2D eigenvalue weighted by Crippen LogP contribution is -2.52. The Morgan fingerprint density at radius 2 is 1.62 bits per heavy atom. The summed E-state index contributed by atoms with van der Waals surface area (Å²) in [7, 11) is 0.422. The van der Waals surface area contributed by atoms with Crippen LogP contribution in [0.25, 0.3) is 0 Å². The summed E-state index contributed by atoms with van der Waals surface area (Å²) in [4.78, 5) is 15.4. The maximum Gasteiger partial charge on any atom is 0.296 e. The van der Waals surface area contributed by atoms with Gasteiger partial charge in [-0.2, -0.15) is 8.42 Å². The fourth-order valence-electron chi connectivity index (χ4n) is 4.57. The molecule has 0 N–H and O–H groups in total. The number of ether oxygens (including phenoxy) is 4. The van der Waals surface area contributed by atoms with Crippen molar-refractivity contribution >= 4 is 39.2 Å². The molecule has 1 heterocycles. The minimum absolute atomic E-state index is 0.0438. The molecular formula is C28H29Cl2NO8S. The number of benzene rings is 3. The molecular weight excluding hydrogens is 581 g/mol. The van der Waals surface area contributed by atoms with Gasteiger partial charge in [-0.05, 0) is 42.0 Å². The Morgan fingerprint density at radius 3 is 2.23 bits per heavy atom. The first kappa shape index (κ1) is 30.0. The van der Waals surface area contributed by atoms with Crippen molar-refractivity contribution in [2.24, 2.45) is 0 Å². The summed E-state index contributed by atoms with van der Waals surface area (Å²) in [5.74, 6) is 0.748. The first-order chi connectivity index (χ1) is 19.1. The van der Waals surface area contributed by atoms with E-state index in [-0.39, 0.29) is 37.0 Å². The molecule has 1 atom stereocenters. The minimum Gasteiger partial charge on any atom is -0.493 e. The Balaban J connectivity index is 1.64. The topological polar surface area (TPSA) is 101 Å². The van der Waals surface area contributed by atoms with Crippen LogP contribution < -0.4 is 14.2 Å². The van der Waals surface area contributed by atoms with Gasteiger partial charge in [0.25, 0.3) is 16.0 Å². The SMILES string of the molecule is COc1cc(C(=O)N2CCO[C@](CCOS(=O)(=O)c3ccccc3)(c3ccc(Cl)c(Cl)c3)C2)cc(OC)c1OC. The van der Waals surface area contributed by atoms with Gasteiger partial charge in [0.05, 0.1) is 56.0 Å². The first-order valence-electron chi connectivity index (χ1n) is 12.3. The van der Waals surface area contributed by atoms with Crippen molar-refractivity contribution in [1.82, 2.24) is 4.90 Å². The molecule has 3 aromatic rings. The third kappa shape index (κ3) is 6.31. The van der Waals surface area contributed by atoms with Crippen molar-refractivity contribution in [2.75, 3.05) is 47.6 Å². The second-order valence-corrected chi connectivity index (χ2v) is 11.4. The average Bonchev–Trinajstić information content (AvgIpc) is 2.97. The summed E-state index contributed by atoms with van der Waals surface area (Å²) in [5.41, 5.74) is -0.179. The molecule has 214 valence electrons. The highest BCUT2D eigenvalue weighted by molar-refractivity contribution is 7.86. The Kier molecular flexibility index (Phi) is 9.48. The summed E-state index contributed by atoms with van der Waals surface area (Å²) in [5, 5.41) is 0.651. The first-order valence-corrected chi connectivity index (χ1v) is 14.4. The fraction of sp³-hybridized carbons (Fsp3) is 0.321. The van der Waals surface area contributed by atoms with Gasteiger partial charge in [-0.1, -0.05) is 47.5 Å². The van der Waals surface area contributed by atoms with Crippen molar-refractivity contribution in [2.45, 2.75) is 16.9 Å². The van der Waals surface area contributed by atoms with E-state index >= 15 is 0 Å². The van der Waals surface area contributed by atoms with Crippen LogP contribution in [0.3, 0.4) is 0 Å². The predicted octanol–water partition coefficient (Wildman–Crippen LogP) is 5.18. The molecule has 1 aliphatic heterocycles. The zero-order chi connectivity index (χ0) is 28.9. The monoisotopic (exact) mass is 609 g/mol. The Morgan fingerprint density at radius 1 is 0.950 bits per heavy atom. The van der Waals surface area contributed by atoms with Gasteiger partial charge in [0.2, 0.25) is 5.75 Å². The van der Waals surface area contributed by atoms with Gasteiger partial charge in [-0.3, -0.25) is 8.98 Å². The summed E-state index contributed by atoms with van der Waals surface area (Å²) >= 11 is 12.5. The highest BCUT2D eigenvalue weighted by atomic mass is 35.5. The summed E-state index contributed by atoms with van der Waals surface area (Å²) in [6.07, 6.45) is 0.107. The number of carbonyl (C=O) groups excluding carboxylic acids is 1. The van der Waals surface area contributed by atoms with Crippen LogP contribution in [-0.2, 0) is 24.6 Å². The molecule has 9 nitrogen and oxygen atoms in total. The number of methoxy groups -OCH3 is 3. The lowest BCUT2D eigenvalue weighted by molar-refractivity contribution is -0.114. The van der Waals surface area contributed by atoms with Gasteiger partial charge in [0.15, 0.2) is 11.5 Å². The van der Waals surface area contributed by atoms with E-state index in [9.17, 15) is 13.2 Å². The van der Waals surface area contributed by atoms with Gasteiger partial charge >= 0.3 is 0 Å². The number of rotatable bonds is 10. The molecule has 1 fully saturated rings. The van der Waals surface area contributed by atoms with E-state index < -0.39 is 15.7 Å². The molecule has 12 heteroatoms. The van der Waals surface area contributed by atoms with Crippen LogP contribution >= 0.6 is 23.2 Å². The molecule has 1 amide bonds. The molecule has 0 radical (unpaired) electrons. The lowest BCUT2D eigenvalue weighted by Gasteiger charge is -2.43. The van der Waals surface area contributed by atoms with E-state index in [1.165, 1.54) is 33.5 Å². The number of hydrogen-bond acceptors (Lipinski definition) is 8. The number of nitrogens with zero attached hydrogens (tertiary/aromatic N) is 1. The molecule has 3 aromatic carbocycles. The maximum absolute atomic E-state index is 13.7. The normalized spacial score (nSPS) is 17.4. The van der Waals surface area contributed by atoms with E-state index in [1.54, 1.807) is 53.4 Å². The molecule has 0 unspecified atom stereocenters. The number of halogens is 2. The van der Waals surface area contributed by atoms with Crippen molar-refractivity contribution in [3.63, 3.8) is 0 Å². The van der Waals surface area contributed by atoms with Crippen LogP contribution in [-0.4, -0.2) is 66.9 Å². The van der Waals surface area contributed by atoms with E-state index in [0.29, 0.717) is 45.0 Å². The van der Waals surface area contributed by atoms with Gasteiger partial charge in [0.1, 0.15) is 5.60 Å². The number of morpholine rings is 1. The second-order valence-electron chi connectivity index (χ2n) is 8.95. The molecule has 0 spiro atoms. The van der Waals surface area contributed by atoms with Crippen LogP contribution in [0.5, 0.6) is 17.2 Å². The highest BCUT2D eigenvalue weighted by Crippen LogP contribution is 2.40. The Hall–Kier alpha value is -3.02. The second kappa shape index (κ2) is 12.7. The third-order valence-corrected chi connectivity index (χ3v) is 8.67. The van der Waals surface area contributed by atoms with Crippen LogP contribution in [0.4, 0.5) is 0 Å². The van der Waals surface area contributed by atoms with E-state index in [2.05, 4.69) is 0 Å². The van der Waals surface area contributed by atoms with Crippen molar-refractivity contribution in [3.8, 4) is 17.2 Å². The third-order valence-electron chi connectivity index (χ3n) is 6.61. The van der Waals surface area contributed by atoms with E-state index in [4.69, 9.17) is 46.3 Å². The number of amides is 1. The molecule has 0 aliphatic carbocycles. The number of carbonyl (C=O) groups is 1. The van der Waals surface area contributed by atoms with Gasteiger partial charge in [0, 0.05) is 18.5 Å². The summed E-state index contributed by atoms with van der Waals surface area (Å²) in [6.45, 7) is 0.364. The van der Waals surface area contributed by atoms with Crippen LogP contribution in [0.1, 0.15) is 22.3 Å². The zero-order valence-electron chi connectivity index (χ0n) is 22.2. The number of hydrogen-bond donors (Lipinski definition) is 0. The highest BCUT2D eigenvalue weighted by Gasteiger charge is 2.41. The molecule has 0 saturated carbocycles. The average molecular weight is 611 g/mol. The van der Waals surface area contributed by atoms with Gasteiger partial charge < -0.3 is 23.8 Å². The summed E-state index contributed by atoms with van der Waals surface area (Å²) in [6, 6.07) is 16.0. The van der Waals surface area contributed by atoms with Crippen LogP contribution in [0.15, 0.2) is 65.6 Å². The van der Waals surface area contributed by atoms with Gasteiger partial charge in [-0.15, -0.1) is 0 Å². The van der Waals surface area contributed by atoms with Gasteiger partial charge in [-0.25, -0.2) is 0 Å². The Labute approximate surface area is 243 Å². The summed E-state index contributed by atoms with van der Waals surface area (Å²) < 4.78 is 53.3. The minimum atomic E-state index is -4.00. The molecule has 0 aromatic heterocycles.